The third kappa shape index (κ3) is 6.60. The van der Waals surface area contributed by atoms with Crippen molar-refractivity contribution in [1.29, 1.82) is 0 Å². The number of thiophene rings is 1. The molecule has 0 spiro atoms. The third-order valence-corrected chi connectivity index (χ3v) is 7.71. The van der Waals surface area contributed by atoms with E-state index < -0.39 is 10.0 Å². The standard InChI is InChI=1S/C17H30ClN5O2S2/c1-5-19-17(22-14-11-23(12(2)3)10-13(14)4)20-8-9-21-27(24,25)16-7-6-15(18)26-16/h6-7,12-14,21H,5,8-11H2,1-4H3,(H2,19,20,22). The molecule has 1 saturated heterocycles. The summed E-state index contributed by atoms with van der Waals surface area (Å²) in [6, 6.07) is 3.94. The fraction of sp³-hybridized carbons (Fsp3) is 0.706. The average molecular weight is 436 g/mol. The summed E-state index contributed by atoms with van der Waals surface area (Å²) in [5, 5.41) is 6.72. The number of aliphatic imine (C=N–C) groups is 1. The fourth-order valence-corrected chi connectivity index (χ4v) is 5.52. The molecule has 7 nitrogen and oxygen atoms in total. The summed E-state index contributed by atoms with van der Waals surface area (Å²) in [5.41, 5.74) is 0. The van der Waals surface area contributed by atoms with Crippen LogP contribution >= 0.6 is 22.9 Å². The molecule has 1 fully saturated rings. The summed E-state index contributed by atoms with van der Waals surface area (Å²) < 4.78 is 27.6. The Morgan fingerprint density at radius 2 is 2.15 bits per heavy atom. The molecule has 2 unspecified atom stereocenters. The molecule has 10 heteroatoms. The Bertz CT molecular complexity index is 735. The Morgan fingerprint density at radius 1 is 1.41 bits per heavy atom. The predicted octanol–water partition coefficient (Wildman–Crippen LogP) is 1.96. The molecule has 1 aromatic rings. The first-order chi connectivity index (χ1) is 12.7. The van der Waals surface area contributed by atoms with Crippen molar-refractivity contribution < 1.29 is 8.42 Å². The summed E-state index contributed by atoms with van der Waals surface area (Å²) in [7, 11) is -3.53. The van der Waals surface area contributed by atoms with Crippen LogP contribution in [0, 0.1) is 5.92 Å². The Labute approximate surface area is 171 Å². The van der Waals surface area contributed by atoms with Crippen molar-refractivity contribution in [1.82, 2.24) is 20.3 Å². The lowest BCUT2D eigenvalue weighted by Gasteiger charge is -2.22. The summed E-state index contributed by atoms with van der Waals surface area (Å²) in [4.78, 5) is 6.96. The van der Waals surface area contributed by atoms with Gasteiger partial charge in [0.25, 0.3) is 0 Å². The zero-order valence-corrected chi connectivity index (χ0v) is 18.7. The molecule has 2 rings (SSSR count). The van der Waals surface area contributed by atoms with Gasteiger partial charge in [-0.15, -0.1) is 11.3 Å². The van der Waals surface area contributed by atoms with Crippen LogP contribution in [0.3, 0.4) is 0 Å². The number of hydrogen-bond donors (Lipinski definition) is 3. The maximum atomic E-state index is 12.2. The van der Waals surface area contributed by atoms with E-state index in [-0.39, 0.29) is 10.8 Å². The van der Waals surface area contributed by atoms with Gasteiger partial charge in [-0.05, 0) is 38.8 Å². The molecule has 1 aromatic heterocycles. The Balaban J connectivity index is 1.88. The minimum absolute atomic E-state index is 0.218. The van der Waals surface area contributed by atoms with Crippen LogP contribution in [0.15, 0.2) is 21.3 Å². The summed E-state index contributed by atoms with van der Waals surface area (Å²) in [6.07, 6.45) is 0. The minimum atomic E-state index is -3.53. The molecule has 0 amide bonds. The maximum Gasteiger partial charge on any atom is 0.250 e. The quantitative estimate of drug-likeness (QED) is 0.330. The third-order valence-electron chi connectivity index (χ3n) is 4.52. The number of hydrogen-bond acceptors (Lipinski definition) is 5. The zero-order valence-electron chi connectivity index (χ0n) is 16.3. The van der Waals surface area contributed by atoms with Gasteiger partial charge in [-0.25, -0.2) is 13.1 Å². The summed E-state index contributed by atoms with van der Waals surface area (Å²) in [5.74, 6) is 1.25. The molecule has 1 aliphatic heterocycles. The molecule has 3 N–H and O–H groups in total. The number of nitrogens with one attached hydrogen (secondary N) is 3. The van der Waals surface area contributed by atoms with Crippen LogP contribution in [0.4, 0.5) is 0 Å². The van der Waals surface area contributed by atoms with Crippen LogP contribution in [-0.4, -0.2) is 64.1 Å². The number of guanidine groups is 1. The number of rotatable bonds is 8. The number of likely N-dealkylation sites (tertiary alicyclic amines) is 1. The monoisotopic (exact) mass is 435 g/mol. The van der Waals surface area contributed by atoms with Gasteiger partial charge in [0, 0.05) is 38.3 Å². The van der Waals surface area contributed by atoms with E-state index in [0.717, 1.165) is 36.9 Å². The van der Waals surface area contributed by atoms with E-state index in [1.165, 1.54) is 6.07 Å². The van der Waals surface area contributed by atoms with Gasteiger partial charge in [0.1, 0.15) is 4.21 Å². The van der Waals surface area contributed by atoms with Crippen molar-refractivity contribution in [2.45, 2.75) is 44.0 Å². The molecule has 0 aromatic carbocycles. The fourth-order valence-electron chi connectivity index (χ4n) is 2.97. The SMILES string of the molecule is CCNC(=NCCNS(=O)(=O)c1ccc(Cl)s1)NC1CN(C(C)C)CC1C. The van der Waals surface area contributed by atoms with Gasteiger partial charge in [-0.2, -0.15) is 0 Å². The molecule has 0 bridgehead atoms. The number of sulfonamides is 1. The van der Waals surface area contributed by atoms with Gasteiger partial charge >= 0.3 is 0 Å². The van der Waals surface area contributed by atoms with E-state index >= 15 is 0 Å². The topological polar surface area (TPSA) is 85.8 Å². The first-order valence-corrected chi connectivity index (χ1v) is 11.9. The Hall–Kier alpha value is -0.870. The van der Waals surface area contributed by atoms with Crippen LogP contribution in [0.1, 0.15) is 27.7 Å². The van der Waals surface area contributed by atoms with Gasteiger partial charge in [-0.1, -0.05) is 18.5 Å². The van der Waals surface area contributed by atoms with Crippen molar-refractivity contribution in [3.8, 4) is 0 Å². The van der Waals surface area contributed by atoms with Crippen LogP contribution in [0.5, 0.6) is 0 Å². The summed E-state index contributed by atoms with van der Waals surface area (Å²) >= 11 is 6.85. The normalized spacial score (nSPS) is 21.8. The smallest absolute Gasteiger partial charge is 0.250 e. The maximum absolute atomic E-state index is 12.2. The first kappa shape index (κ1) is 22.4. The largest absolute Gasteiger partial charge is 0.357 e. The van der Waals surface area contributed by atoms with E-state index in [1.807, 2.05) is 6.92 Å². The van der Waals surface area contributed by atoms with Gasteiger partial charge in [0.05, 0.1) is 10.9 Å². The molecule has 0 saturated carbocycles. The molecule has 2 heterocycles. The lowest BCUT2D eigenvalue weighted by molar-refractivity contribution is 0.265. The molecular weight excluding hydrogens is 406 g/mol. The van der Waals surface area contributed by atoms with Crippen LogP contribution in [-0.2, 0) is 10.0 Å². The predicted molar refractivity (Wildman–Crippen MR) is 113 cm³/mol. The van der Waals surface area contributed by atoms with E-state index in [4.69, 9.17) is 11.6 Å². The van der Waals surface area contributed by atoms with Gasteiger partial charge < -0.3 is 10.6 Å². The molecule has 0 radical (unpaired) electrons. The molecule has 2 atom stereocenters. The van der Waals surface area contributed by atoms with Crippen LogP contribution < -0.4 is 15.4 Å². The second-order valence-corrected chi connectivity index (χ2v) is 10.7. The van der Waals surface area contributed by atoms with Crippen molar-refractivity contribution in [2.24, 2.45) is 10.9 Å². The van der Waals surface area contributed by atoms with E-state index in [1.54, 1.807) is 6.07 Å². The highest BCUT2D eigenvalue weighted by atomic mass is 35.5. The van der Waals surface area contributed by atoms with Crippen molar-refractivity contribution >= 4 is 38.9 Å². The van der Waals surface area contributed by atoms with Crippen LogP contribution in [0.25, 0.3) is 0 Å². The minimum Gasteiger partial charge on any atom is -0.357 e. The van der Waals surface area contributed by atoms with E-state index in [9.17, 15) is 8.42 Å². The highest BCUT2D eigenvalue weighted by Crippen LogP contribution is 2.25. The van der Waals surface area contributed by atoms with Crippen molar-refractivity contribution in [3.05, 3.63) is 16.5 Å². The van der Waals surface area contributed by atoms with E-state index in [0.29, 0.717) is 28.9 Å². The highest BCUT2D eigenvalue weighted by molar-refractivity contribution is 7.91. The summed E-state index contributed by atoms with van der Waals surface area (Å²) in [6.45, 7) is 12.0. The highest BCUT2D eigenvalue weighted by Gasteiger charge is 2.31. The van der Waals surface area contributed by atoms with Crippen molar-refractivity contribution in [3.63, 3.8) is 0 Å². The van der Waals surface area contributed by atoms with Crippen LogP contribution in [0.2, 0.25) is 4.34 Å². The molecule has 154 valence electrons. The molecular formula is C17H30ClN5O2S2. The lowest BCUT2D eigenvalue weighted by Crippen LogP contribution is -2.47. The molecule has 1 aliphatic rings. The zero-order chi connectivity index (χ0) is 20.0. The average Bonchev–Trinajstić information content (AvgIpc) is 3.19. The molecule has 27 heavy (non-hydrogen) atoms. The molecule has 0 aliphatic carbocycles. The van der Waals surface area contributed by atoms with Crippen molar-refractivity contribution in [2.75, 3.05) is 32.7 Å². The Kier molecular flexibility index (Phi) is 8.36. The van der Waals surface area contributed by atoms with Gasteiger partial charge in [0.2, 0.25) is 10.0 Å². The first-order valence-electron chi connectivity index (χ1n) is 9.26. The second kappa shape index (κ2) is 10.1. The van der Waals surface area contributed by atoms with E-state index in [2.05, 4.69) is 46.0 Å². The Morgan fingerprint density at radius 3 is 2.70 bits per heavy atom. The number of halogens is 1. The second-order valence-electron chi connectivity index (χ2n) is 6.99. The lowest BCUT2D eigenvalue weighted by atomic mass is 10.1. The number of nitrogens with zero attached hydrogens (tertiary/aromatic N) is 2. The van der Waals surface area contributed by atoms with Gasteiger partial charge in [-0.3, -0.25) is 9.89 Å². The van der Waals surface area contributed by atoms with Gasteiger partial charge in [0.15, 0.2) is 5.96 Å².